The Bertz CT molecular complexity index is 342. The van der Waals surface area contributed by atoms with Crippen molar-refractivity contribution in [1.29, 1.82) is 0 Å². The monoisotopic (exact) mass is 290 g/mol. The predicted molar refractivity (Wildman–Crippen MR) is 63.5 cm³/mol. The summed E-state index contributed by atoms with van der Waals surface area (Å²) in [7, 11) is 0. The number of pyridine rings is 1. The molecule has 2 heterocycles. The fourth-order valence-electron chi connectivity index (χ4n) is 1.55. The number of piperidine rings is 1. The van der Waals surface area contributed by atoms with Crippen molar-refractivity contribution in [1.82, 2.24) is 10.3 Å². The van der Waals surface area contributed by atoms with Crippen LogP contribution in [0.4, 0.5) is 0 Å². The Kier molecular flexibility index (Phi) is 3.83. The van der Waals surface area contributed by atoms with Crippen LogP contribution in [0.5, 0.6) is 5.88 Å². The summed E-state index contributed by atoms with van der Waals surface area (Å²) in [5.41, 5.74) is 0. The van der Waals surface area contributed by atoms with E-state index in [1.165, 1.54) is 0 Å². The van der Waals surface area contributed by atoms with E-state index < -0.39 is 0 Å². The molecule has 82 valence electrons. The van der Waals surface area contributed by atoms with Gasteiger partial charge < -0.3 is 10.1 Å². The molecule has 1 aromatic rings. The average Bonchev–Trinajstić information content (AvgIpc) is 2.25. The van der Waals surface area contributed by atoms with Crippen LogP contribution in [-0.2, 0) is 0 Å². The molecule has 15 heavy (non-hydrogen) atoms. The number of rotatable bonds is 2. The SMILES string of the molecule is Clc1ccc(OC2CCNCC2)nc1Br. The first-order chi connectivity index (χ1) is 7.25. The number of aromatic nitrogens is 1. The zero-order valence-corrected chi connectivity index (χ0v) is 10.5. The van der Waals surface area contributed by atoms with Gasteiger partial charge in [0.15, 0.2) is 0 Å². The lowest BCUT2D eigenvalue weighted by atomic mass is 10.1. The Morgan fingerprint density at radius 3 is 2.80 bits per heavy atom. The highest BCUT2D eigenvalue weighted by molar-refractivity contribution is 9.10. The van der Waals surface area contributed by atoms with Gasteiger partial charge in [0.1, 0.15) is 10.7 Å². The maximum absolute atomic E-state index is 5.85. The van der Waals surface area contributed by atoms with Gasteiger partial charge in [-0.3, -0.25) is 0 Å². The molecule has 0 radical (unpaired) electrons. The summed E-state index contributed by atoms with van der Waals surface area (Å²) >= 11 is 9.12. The first-order valence-electron chi connectivity index (χ1n) is 4.95. The Morgan fingerprint density at radius 1 is 1.40 bits per heavy atom. The second-order valence-electron chi connectivity index (χ2n) is 3.49. The van der Waals surface area contributed by atoms with Crippen LogP contribution in [0.25, 0.3) is 0 Å². The Labute approximate surface area is 102 Å². The normalized spacial score (nSPS) is 17.7. The Morgan fingerprint density at radius 2 is 2.13 bits per heavy atom. The van der Waals surface area contributed by atoms with Crippen molar-refractivity contribution >= 4 is 27.5 Å². The van der Waals surface area contributed by atoms with E-state index in [2.05, 4.69) is 26.2 Å². The van der Waals surface area contributed by atoms with Gasteiger partial charge in [0.25, 0.3) is 0 Å². The van der Waals surface area contributed by atoms with Crippen LogP contribution in [0, 0.1) is 0 Å². The van der Waals surface area contributed by atoms with Crippen LogP contribution in [-0.4, -0.2) is 24.2 Å². The van der Waals surface area contributed by atoms with E-state index >= 15 is 0 Å². The smallest absolute Gasteiger partial charge is 0.214 e. The number of ether oxygens (including phenoxy) is 1. The van der Waals surface area contributed by atoms with Crippen LogP contribution in [0.1, 0.15) is 12.8 Å². The van der Waals surface area contributed by atoms with Crippen LogP contribution in [0.2, 0.25) is 5.02 Å². The lowest BCUT2D eigenvalue weighted by Gasteiger charge is -2.23. The first-order valence-corrected chi connectivity index (χ1v) is 6.12. The second-order valence-corrected chi connectivity index (χ2v) is 4.65. The van der Waals surface area contributed by atoms with Crippen molar-refractivity contribution in [2.75, 3.05) is 13.1 Å². The van der Waals surface area contributed by atoms with E-state index in [1.54, 1.807) is 12.1 Å². The van der Waals surface area contributed by atoms with Gasteiger partial charge in [0, 0.05) is 6.07 Å². The molecule has 1 aromatic heterocycles. The summed E-state index contributed by atoms with van der Waals surface area (Å²) in [4.78, 5) is 4.21. The summed E-state index contributed by atoms with van der Waals surface area (Å²) in [6.45, 7) is 2.03. The minimum absolute atomic E-state index is 0.270. The Hall–Kier alpha value is -0.320. The van der Waals surface area contributed by atoms with E-state index in [9.17, 15) is 0 Å². The van der Waals surface area contributed by atoms with Crippen molar-refractivity contribution < 1.29 is 4.74 Å². The van der Waals surface area contributed by atoms with Crippen molar-refractivity contribution in [3.8, 4) is 5.88 Å². The topological polar surface area (TPSA) is 34.1 Å². The average molecular weight is 292 g/mol. The third-order valence-electron chi connectivity index (χ3n) is 2.35. The molecular weight excluding hydrogens is 279 g/mol. The molecule has 2 rings (SSSR count). The molecule has 0 saturated carbocycles. The Balaban J connectivity index is 2.00. The third-order valence-corrected chi connectivity index (χ3v) is 3.49. The van der Waals surface area contributed by atoms with Gasteiger partial charge in [-0.05, 0) is 47.9 Å². The maximum Gasteiger partial charge on any atom is 0.214 e. The zero-order chi connectivity index (χ0) is 10.7. The summed E-state index contributed by atoms with van der Waals surface area (Å²) in [5, 5.41) is 3.89. The van der Waals surface area contributed by atoms with Crippen LogP contribution < -0.4 is 10.1 Å². The van der Waals surface area contributed by atoms with Gasteiger partial charge in [-0.1, -0.05) is 11.6 Å². The van der Waals surface area contributed by atoms with Gasteiger partial charge in [0.2, 0.25) is 5.88 Å². The number of hydrogen-bond acceptors (Lipinski definition) is 3. The summed E-state index contributed by atoms with van der Waals surface area (Å²) in [6, 6.07) is 3.59. The molecular formula is C10H12BrClN2O. The molecule has 1 saturated heterocycles. The first kappa shape index (κ1) is 11.2. The summed E-state index contributed by atoms with van der Waals surface area (Å²) in [5.74, 6) is 0.637. The van der Waals surface area contributed by atoms with Crippen molar-refractivity contribution in [2.24, 2.45) is 0 Å². The summed E-state index contributed by atoms with van der Waals surface area (Å²) < 4.78 is 6.39. The van der Waals surface area contributed by atoms with Crippen molar-refractivity contribution in [2.45, 2.75) is 18.9 Å². The summed E-state index contributed by atoms with van der Waals surface area (Å²) in [6.07, 6.45) is 2.33. The van der Waals surface area contributed by atoms with E-state index in [4.69, 9.17) is 16.3 Å². The molecule has 0 unspecified atom stereocenters. The number of nitrogens with one attached hydrogen (secondary N) is 1. The minimum atomic E-state index is 0.270. The lowest BCUT2D eigenvalue weighted by molar-refractivity contribution is 0.155. The molecule has 0 atom stereocenters. The molecule has 0 spiro atoms. The molecule has 0 bridgehead atoms. The van der Waals surface area contributed by atoms with E-state index in [-0.39, 0.29) is 6.10 Å². The van der Waals surface area contributed by atoms with Gasteiger partial charge in [-0.2, -0.15) is 0 Å². The van der Waals surface area contributed by atoms with Crippen LogP contribution in [0.3, 0.4) is 0 Å². The van der Waals surface area contributed by atoms with E-state index in [0.717, 1.165) is 25.9 Å². The van der Waals surface area contributed by atoms with E-state index in [1.807, 2.05) is 0 Å². The molecule has 3 nitrogen and oxygen atoms in total. The van der Waals surface area contributed by atoms with Gasteiger partial charge >= 0.3 is 0 Å². The quantitative estimate of drug-likeness (QED) is 0.851. The molecule has 0 aliphatic carbocycles. The lowest BCUT2D eigenvalue weighted by Crippen LogP contribution is -2.34. The molecule has 1 N–H and O–H groups in total. The van der Waals surface area contributed by atoms with Crippen LogP contribution >= 0.6 is 27.5 Å². The zero-order valence-electron chi connectivity index (χ0n) is 8.17. The highest BCUT2D eigenvalue weighted by atomic mass is 79.9. The fraction of sp³-hybridized carbons (Fsp3) is 0.500. The largest absolute Gasteiger partial charge is 0.474 e. The van der Waals surface area contributed by atoms with Gasteiger partial charge in [-0.25, -0.2) is 4.98 Å². The molecule has 1 fully saturated rings. The predicted octanol–water partition coefficient (Wildman–Crippen LogP) is 2.63. The second kappa shape index (κ2) is 5.14. The molecule has 0 aromatic carbocycles. The number of halogens is 2. The minimum Gasteiger partial charge on any atom is -0.474 e. The van der Waals surface area contributed by atoms with Crippen LogP contribution in [0.15, 0.2) is 16.7 Å². The molecule has 1 aliphatic heterocycles. The molecule has 0 amide bonds. The highest BCUT2D eigenvalue weighted by Crippen LogP contribution is 2.24. The number of hydrogen-bond donors (Lipinski definition) is 1. The fourth-order valence-corrected chi connectivity index (χ4v) is 1.96. The van der Waals surface area contributed by atoms with Gasteiger partial charge in [-0.15, -0.1) is 0 Å². The van der Waals surface area contributed by atoms with Gasteiger partial charge in [0.05, 0.1) is 5.02 Å². The highest BCUT2D eigenvalue weighted by Gasteiger charge is 2.15. The standard InChI is InChI=1S/C10H12BrClN2O/c11-10-8(12)1-2-9(14-10)15-7-3-5-13-6-4-7/h1-2,7,13H,3-6H2. The van der Waals surface area contributed by atoms with Crippen molar-refractivity contribution in [3.63, 3.8) is 0 Å². The van der Waals surface area contributed by atoms with Crippen molar-refractivity contribution in [3.05, 3.63) is 21.8 Å². The molecule has 5 heteroatoms. The van der Waals surface area contributed by atoms with E-state index in [0.29, 0.717) is 15.5 Å². The number of nitrogens with zero attached hydrogens (tertiary/aromatic N) is 1. The molecule has 1 aliphatic rings. The maximum atomic E-state index is 5.85. The third kappa shape index (κ3) is 3.06.